The number of carbonyl (C=O) groups excluding carboxylic acids is 1. The maximum absolute atomic E-state index is 12.6. The summed E-state index contributed by atoms with van der Waals surface area (Å²) < 4.78 is 0. The minimum absolute atomic E-state index is 0.101. The Morgan fingerprint density at radius 2 is 2.05 bits per heavy atom. The molecule has 3 aliphatic heterocycles. The van der Waals surface area contributed by atoms with E-state index >= 15 is 0 Å². The van der Waals surface area contributed by atoms with E-state index in [0.717, 1.165) is 24.9 Å². The third-order valence-electron chi connectivity index (χ3n) is 6.20. The second kappa shape index (κ2) is 5.30. The minimum Gasteiger partial charge on any atom is -0.352 e. The lowest BCUT2D eigenvalue weighted by atomic mass is 9.92. The van der Waals surface area contributed by atoms with E-state index in [0.29, 0.717) is 12.0 Å². The van der Waals surface area contributed by atoms with E-state index in [-0.39, 0.29) is 11.9 Å². The van der Waals surface area contributed by atoms with Crippen LogP contribution in [0.15, 0.2) is 0 Å². The number of carbonyl (C=O) groups is 1. The van der Waals surface area contributed by atoms with Crippen LogP contribution in [0, 0.1) is 11.8 Å². The zero-order chi connectivity index (χ0) is 13.5. The average Bonchev–Trinajstić information content (AvgIpc) is 3.13. The fourth-order valence-corrected chi connectivity index (χ4v) is 5.12. The van der Waals surface area contributed by atoms with Crippen molar-refractivity contribution in [3.8, 4) is 0 Å². The van der Waals surface area contributed by atoms with E-state index in [2.05, 4.69) is 15.5 Å². The van der Waals surface area contributed by atoms with Crippen LogP contribution in [0.2, 0.25) is 0 Å². The lowest BCUT2D eigenvalue weighted by Crippen LogP contribution is -2.52. The molecule has 3 heterocycles. The molecule has 2 N–H and O–H groups in total. The number of fused-ring (bicyclic) bond motifs is 2. The zero-order valence-corrected chi connectivity index (χ0v) is 12.3. The van der Waals surface area contributed by atoms with E-state index in [1.807, 2.05) is 0 Å². The summed E-state index contributed by atoms with van der Waals surface area (Å²) in [6.45, 7) is 3.52. The van der Waals surface area contributed by atoms with E-state index in [1.165, 1.54) is 51.6 Å². The molecular formula is C16H27N3O. The first-order chi connectivity index (χ1) is 9.81. The van der Waals surface area contributed by atoms with E-state index < -0.39 is 0 Å². The molecule has 4 heteroatoms. The maximum atomic E-state index is 12.6. The molecule has 112 valence electrons. The summed E-state index contributed by atoms with van der Waals surface area (Å²) in [5.41, 5.74) is 0. The lowest BCUT2D eigenvalue weighted by molar-refractivity contribution is -0.124. The second-order valence-corrected chi connectivity index (χ2v) is 7.30. The van der Waals surface area contributed by atoms with Gasteiger partial charge < -0.3 is 15.5 Å². The van der Waals surface area contributed by atoms with Gasteiger partial charge in [0.1, 0.15) is 0 Å². The van der Waals surface area contributed by atoms with Gasteiger partial charge in [-0.25, -0.2) is 0 Å². The molecule has 4 fully saturated rings. The van der Waals surface area contributed by atoms with Crippen molar-refractivity contribution in [1.82, 2.24) is 15.5 Å². The molecule has 1 aliphatic carbocycles. The molecule has 4 aliphatic rings. The van der Waals surface area contributed by atoms with Crippen molar-refractivity contribution in [2.24, 2.45) is 11.8 Å². The van der Waals surface area contributed by atoms with E-state index in [1.54, 1.807) is 0 Å². The van der Waals surface area contributed by atoms with Crippen molar-refractivity contribution in [1.29, 1.82) is 0 Å². The van der Waals surface area contributed by atoms with Crippen LogP contribution >= 0.6 is 0 Å². The van der Waals surface area contributed by atoms with Crippen molar-refractivity contribution in [2.45, 2.75) is 63.1 Å². The second-order valence-electron chi connectivity index (χ2n) is 7.30. The molecular weight excluding hydrogens is 250 g/mol. The van der Waals surface area contributed by atoms with E-state index in [9.17, 15) is 4.79 Å². The predicted molar refractivity (Wildman–Crippen MR) is 78.4 cm³/mol. The van der Waals surface area contributed by atoms with Crippen molar-refractivity contribution < 1.29 is 4.79 Å². The van der Waals surface area contributed by atoms with Gasteiger partial charge in [-0.15, -0.1) is 0 Å². The van der Waals surface area contributed by atoms with Gasteiger partial charge in [0.05, 0.1) is 6.04 Å². The molecule has 1 amide bonds. The van der Waals surface area contributed by atoms with Crippen molar-refractivity contribution in [3.05, 3.63) is 0 Å². The highest BCUT2D eigenvalue weighted by molar-refractivity contribution is 5.82. The molecule has 0 bridgehead atoms. The Balaban J connectivity index is 1.33. The highest BCUT2D eigenvalue weighted by Gasteiger charge is 2.43. The van der Waals surface area contributed by atoms with Crippen LogP contribution in [-0.2, 0) is 4.79 Å². The normalized spacial score (nSPS) is 44.3. The molecule has 3 saturated heterocycles. The Morgan fingerprint density at radius 1 is 1.10 bits per heavy atom. The molecule has 4 nitrogen and oxygen atoms in total. The van der Waals surface area contributed by atoms with Crippen LogP contribution in [0.4, 0.5) is 0 Å². The fourth-order valence-electron chi connectivity index (χ4n) is 5.12. The summed E-state index contributed by atoms with van der Waals surface area (Å²) in [5, 5.41) is 6.83. The first-order valence-corrected chi connectivity index (χ1v) is 8.59. The predicted octanol–water partition coefficient (Wildman–Crippen LogP) is 1.12. The molecule has 20 heavy (non-hydrogen) atoms. The number of hydrogen-bond acceptors (Lipinski definition) is 3. The Bertz CT molecular complexity index is 386. The monoisotopic (exact) mass is 277 g/mol. The quantitative estimate of drug-likeness (QED) is 0.795. The third-order valence-corrected chi connectivity index (χ3v) is 6.20. The van der Waals surface area contributed by atoms with Crippen LogP contribution < -0.4 is 10.6 Å². The SMILES string of the molecule is O=C(NC1CCN2CCCC2C1)C1NCC2CCCC21. The molecule has 5 atom stereocenters. The summed E-state index contributed by atoms with van der Waals surface area (Å²) in [6, 6.07) is 1.26. The first kappa shape index (κ1) is 13.1. The van der Waals surface area contributed by atoms with Crippen LogP contribution in [0.5, 0.6) is 0 Å². The summed E-state index contributed by atoms with van der Waals surface area (Å²) in [5.74, 6) is 1.67. The number of nitrogens with one attached hydrogen (secondary N) is 2. The summed E-state index contributed by atoms with van der Waals surface area (Å²) in [4.78, 5) is 15.2. The van der Waals surface area contributed by atoms with Crippen molar-refractivity contribution in [3.63, 3.8) is 0 Å². The van der Waals surface area contributed by atoms with Gasteiger partial charge in [0.25, 0.3) is 0 Å². The number of amides is 1. The number of hydrogen-bond donors (Lipinski definition) is 2. The van der Waals surface area contributed by atoms with Crippen molar-refractivity contribution >= 4 is 5.91 Å². The minimum atomic E-state index is 0.101. The topological polar surface area (TPSA) is 44.4 Å². The van der Waals surface area contributed by atoms with Gasteiger partial charge in [0.2, 0.25) is 5.91 Å². The first-order valence-electron chi connectivity index (χ1n) is 8.59. The van der Waals surface area contributed by atoms with Gasteiger partial charge in [-0.2, -0.15) is 0 Å². The Hall–Kier alpha value is -0.610. The standard InChI is InChI=1S/C16H27N3O/c20-16(15-14-5-1-3-11(14)10-17-15)18-12-6-8-19-7-2-4-13(19)9-12/h11-15,17H,1-10H2,(H,18,20). The van der Waals surface area contributed by atoms with Crippen LogP contribution in [-0.4, -0.2) is 48.6 Å². The van der Waals surface area contributed by atoms with Crippen LogP contribution in [0.3, 0.4) is 0 Å². The smallest absolute Gasteiger partial charge is 0.237 e. The van der Waals surface area contributed by atoms with Gasteiger partial charge in [-0.05, 0) is 63.5 Å². The molecule has 0 radical (unpaired) electrons. The third kappa shape index (κ3) is 2.27. The van der Waals surface area contributed by atoms with Gasteiger partial charge in [0.15, 0.2) is 0 Å². The van der Waals surface area contributed by atoms with Crippen molar-refractivity contribution in [2.75, 3.05) is 19.6 Å². The van der Waals surface area contributed by atoms with Gasteiger partial charge in [-0.1, -0.05) is 6.42 Å². The summed E-state index contributed by atoms with van der Waals surface area (Å²) in [6.07, 6.45) is 8.88. The molecule has 0 aromatic carbocycles. The lowest BCUT2D eigenvalue weighted by Gasteiger charge is -2.35. The number of nitrogens with zero attached hydrogens (tertiary/aromatic N) is 1. The summed E-state index contributed by atoms with van der Waals surface area (Å²) >= 11 is 0. The molecule has 0 aromatic rings. The number of piperidine rings is 1. The molecule has 1 saturated carbocycles. The van der Waals surface area contributed by atoms with Crippen LogP contribution in [0.25, 0.3) is 0 Å². The maximum Gasteiger partial charge on any atom is 0.237 e. The highest BCUT2D eigenvalue weighted by Crippen LogP contribution is 2.37. The summed E-state index contributed by atoms with van der Waals surface area (Å²) in [7, 11) is 0. The Kier molecular flexibility index (Phi) is 3.47. The zero-order valence-electron chi connectivity index (χ0n) is 12.3. The molecule has 5 unspecified atom stereocenters. The fraction of sp³-hybridized carbons (Fsp3) is 0.938. The average molecular weight is 277 g/mol. The number of rotatable bonds is 2. The van der Waals surface area contributed by atoms with Crippen LogP contribution in [0.1, 0.15) is 44.9 Å². The van der Waals surface area contributed by atoms with E-state index in [4.69, 9.17) is 0 Å². The Labute approximate surface area is 121 Å². The van der Waals surface area contributed by atoms with Gasteiger partial charge >= 0.3 is 0 Å². The molecule has 4 rings (SSSR count). The molecule has 0 aromatic heterocycles. The van der Waals surface area contributed by atoms with Gasteiger partial charge in [-0.3, -0.25) is 4.79 Å². The van der Waals surface area contributed by atoms with Gasteiger partial charge in [0, 0.05) is 18.6 Å². The highest BCUT2D eigenvalue weighted by atomic mass is 16.2. The largest absolute Gasteiger partial charge is 0.352 e. The Morgan fingerprint density at radius 3 is 3.00 bits per heavy atom. The molecule has 0 spiro atoms.